The van der Waals surface area contributed by atoms with Gasteiger partial charge < -0.3 is 14.8 Å². The number of imide groups is 1. The normalized spacial score (nSPS) is 30.1. The van der Waals surface area contributed by atoms with Gasteiger partial charge in [-0.2, -0.15) is 0 Å². The molecule has 0 aromatic heterocycles. The molecule has 1 spiro atoms. The Kier molecular flexibility index (Phi) is 5.42. The molecule has 1 aromatic carbocycles. The number of benzene rings is 1. The summed E-state index contributed by atoms with van der Waals surface area (Å²) in [6.07, 6.45) is 5.79. The molecule has 3 atom stereocenters. The van der Waals surface area contributed by atoms with Crippen LogP contribution in [0.15, 0.2) is 18.2 Å². The molecule has 1 N–H and O–H groups in total. The molecule has 7 nitrogen and oxygen atoms in total. The number of amides is 3. The highest BCUT2D eigenvalue weighted by atomic mass is 16.5. The molecule has 1 aliphatic carbocycles. The van der Waals surface area contributed by atoms with Crippen molar-refractivity contribution in [2.45, 2.75) is 57.0 Å². The lowest BCUT2D eigenvalue weighted by Gasteiger charge is -2.37. The number of carbonyl (C=O) groups excluding carboxylic acids is 2. The first-order chi connectivity index (χ1) is 14.0. The van der Waals surface area contributed by atoms with Crippen molar-refractivity contribution in [1.82, 2.24) is 15.1 Å². The summed E-state index contributed by atoms with van der Waals surface area (Å²) < 4.78 is 11.0. The van der Waals surface area contributed by atoms with Crippen LogP contribution in [0.25, 0.3) is 0 Å². The van der Waals surface area contributed by atoms with Crippen molar-refractivity contribution in [3.63, 3.8) is 0 Å². The van der Waals surface area contributed by atoms with Crippen molar-refractivity contribution in [2.24, 2.45) is 5.92 Å². The number of hydrogen-bond donors (Lipinski definition) is 1. The minimum Gasteiger partial charge on any atom is -0.497 e. The molecule has 2 aliphatic heterocycles. The molecule has 0 unspecified atom stereocenters. The highest BCUT2D eigenvalue weighted by Crippen LogP contribution is 2.41. The molecule has 3 fully saturated rings. The molecule has 2 heterocycles. The number of nitrogens with zero attached hydrogens (tertiary/aromatic N) is 2. The molecule has 4 rings (SSSR count). The van der Waals surface area contributed by atoms with Gasteiger partial charge in [0.1, 0.15) is 17.0 Å². The van der Waals surface area contributed by atoms with Crippen molar-refractivity contribution in [2.75, 3.05) is 27.4 Å². The Labute approximate surface area is 172 Å². The van der Waals surface area contributed by atoms with Gasteiger partial charge in [0.05, 0.1) is 20.9 Å². The summed E-state index contributed by atoms with van der Waals surface area (Å²) in [5.74, 6) is 1.69. The number of likely N-dealkylation sites (tertiary alicyclic amines) is 1. The molecule has 158 valence electrons. The number of urea groups is 1. The van der Waals surface area contributed by atoms with Crippen LogP contribution < -0.4 is 14.8 Å². The summed E-state index contributed by atoms with van der Waals surface area (Å²) in [5.41, 5.74) is 0.329. The van der Waals surface area contributed by atoms with Crippen LogP contribution in [-0.2, 0) is 4.79 Å². The molecule has 1 saturated carbocycles. The van der Waals surface area contributed by atoms with Gasteiger partial charge in [-0.25, -0.2) is 9.69 Å². The average molecular weight is 402 g/mol. The van der Waals surface area contributed by atoms with Crippen molar-refractivity contribution in [3.05, 3.63) is 23.8 Å². The molecule has 0 radical (unpaired) electrons. The average Bonchev–Trinajstić information content (AvgIpc) is 3.29. The van der Waals surface area contributed by atoms with E-state index in [1.165, 1.54) is 4.90 Å². The fraction of sp³-hybridized carbons (Fsp3) is 0.636. The lowest BCUT2D eigenvalue weighted by molar-refractivity contribution is -0.135. The fourth-order valence-electron chi connectivity index (χ4n) is 5.25. The van der Waals surface area contributed by atoms with E-state index in [2.05, 4.69) is 17.1 Å². The third kappa shape index (κ3) is 3.35. The van der Waals surface area contributed by atoms with Gasteiger partial charge in [0.15, 0.2) is 0 Å². The van der Waals surface area contributed by atoms with Crippen molar-refractivity contribution in [1.29, 1.82) is 0 Å². The third-order valence-electron chi connectivity index (χ3n) is 6.98. The van der Waals surface area contributed by atoms with Crippen molar-refractivity contribution >= 4 is 11.9 Å². The van der Waals surface area contributed by atoms with Crippen molar-refractivity contribution < 1.29 is 19.1 Å². The first-order valence-corrected chi connectivity index (χ1v) is 10.6. The van der Waals surface area contributed by atoms with E-state index in [1.54, 1.807) is 14.2 Å². The lowest BCUT2D eigenvalue weighted by Crippen LogP contribution is -2.54. The van der Waals surface area contributed by atoms with Gasteiger partial charge in [0, 0.05) is 18.2 Å². The smallest absolute Gasteiger partial charge is 0.326 e. The monoisotopic (exact) mass is 401 g/mol. The minimum atomic E-state index is -0.710. The van der Waals surface area contributed by atoms with Gasteiger partial charge in [-0.1, -0.05) is 19.8 Å². The van der Waals surface area contributed by atoms with Crippen LogP contribution in [0, 0.1) is 5.92 Å². The van der Waals surface area contributed by atoms with Gasteiger partial charge in [0.25, 0.3) is 5.91 Å². The van der Waals surface area contributed by atoms with Gasteiger partial charge in [-0.3, -0.25) is 9.69 Å². The maximum atomic E-state index is 13.3. The summed E-state index contributed by atoms with van der Waals surface area (Å²) in [4.78, 5) is 29.7. The molecule has 7 heteroatoms. The fourth-order valence-corrected chi connectivity index (χ4v) is 5.25. The van der Waals surface area contributed by atoms with Crippen LogP contribution >= 0.6 is 0 Å². The van der Waals surface area contributed by atoms with Gasteiger partial charge in [-0.15, -0.1) is 0 Å². The first-order valence-electron chi connectivity index (χ1n) is 10.6. The van der Waals surface area contributed by atoms with Crippen molar-refractivity contribution in [3.8, 4) is 11.5 Å². The van der Waals surface area contributed by atoms with Crippen LogP contribution in [0.3, 0.4) is 0 Å². The number of nitrogens with one attached hydrogen (secondary N) is 1. The summed E-state index contributed by atoms with van der Waals surface area (Å²) in [7, 11) is 3.31. The standard InChI is InChI=1S/C22H31N3O4/c1-15-7-4-5-11-22(15)20(26)25(21(27)23-22)14-24-12-6-8-18(24)17-13-16(28-2)9-10-19(17)29-3/h9-10,13,15,18H,4-8,11-12,14H2,1-3H3,(H,23,27)/t15-,18+,22-/m1/s1. The van der Waals surface area contributed by atoms with Crippen LogP contribution in [0.4, 0.5) is 4.79 Å². The molecule has 3 aliphatic rings. The largest absolute Gasteiger partial charge is 0.497 e. The number of hydrogen-bond acceptors (Lipinski definition) is 5. The molecular formula is C22H31N3O4. The summed E-state index contributed by atoms with van der Waals surface area (Å²) in [6, 6.07) is 5.62. The van der Waals surface area contributed by atoms with E-state index in [-0.39, 0.29) is 23.9 Å². The quantitative estimate of drug-likeness (QED) is 0.767. The van der Waals surface area contributed by atoms with E-state index in [9.17, 15) is 9.59 Å². The molecule has 29 heavy (non-hydrogen) atoms. The van der Waals surface area contributed by atoms with Crippen LogP contribution in [0.1, 0.15) is 57.1 Å². The zero-order chi connectivity index (χ0) is 20.6. The highest BCUT2D eigenvalue weighted by Gasteiger charge is 2.55. The number of methoxy groups -OCH3 is 2. The summed E-state index contributed by atoms with van der Waals surface area (Å²) >= 11 is 0. The maximum Gasteiger partial charge on any atom is 0.326 e. The van der Waals surface area contributed by atoms with E-state index < -0.39 is 5.54 Å². The molecule has 2 saturated heterocycles. The Morgan fingerprint density at radius 2 is 1.97 bits per heavy atom. The van der Waals surface area contributed by atoms with Gasteiger partial charge in [0.2, 0.25) is 0 Å². The Hall–Kier alpha value is -2.28. The van der Waals surface area contributed by atoms with Crippen LogP contribution in [0.5, 0.6) is 11.5 Å². The van der Waals surface area contributed by atoms with E-state index >= 15 is 0 Å². The Morgan fingerprint density at radius 1 is 1.14 bits per heavy atom. The zero-order valence-electron chi connectivity index (χ0n) is 17.6. The van der Waals surface area contributed by atoms with Gasteiger partial charge in [-0.05, 0) is 49.8 Å². The molecule has 1 aromatic rings. The van der Waals surface area contributed by atoms with E-state index in [0.29, 0.717) is 6.67 Å². The predicted molar refractivity (Wildman–Crippen MR) is 109 cm³/mol. The van der Waals surface area contributed by atoms with Gasteiger partial charge >= 0.3 is 6.03 Å². The highest BCUT2D eigenvalue weighted by molar-refractivity contribution is 6.07. The second-order valence-electron chi connectivity index (χ2n) is 8.50. The van der Waals surface area contributed by atoms with Crippen LogP contribution in [-0.4, -0.2) is 54.7 Å². The topological polar surface area (TPSA) is 71.1 Å². The number of ether oxygens (including phenoxy) is 2. The van der Waals surface area contributed by atoms with Crippen LogP contribution in [0.2, 0.25) is 0 Å². The molecular weight excluding hydrogens is 370 g/mol. The Balaban J connectivity index is 1.56. The Morgan fingerprint density at radius 3 is 2.69 bits per heavy atom. The first kappa shape index (κ1) is 20.0. The molecule has 3 amide bonds. The second kappa shape index (κ2) is 7.86. The third-order valence-corrected chi connectivity index (χ3v) is 6.98. The lowest BCUT2D eigenvalue weighted by atomic mass is 9.73. The van der Waals surface area contributed by atoms with E-state index in [4.69, 9.17) is 9.47 Å². The van der Waals surface area contributed by atoms with E-state index in [0.717, 1.165) is 62.1 Å². The summed E-state index contributed by atoms with van der Waals surface area (Å²) in [6.45, 7) is 3.23. The zero-order valence-corrected chi connectivity index (χ0v) is 17.6. The maximum absolute atomic E-state index is 13.3. The minimum absolute atomic E-state index is 0.0574. The predicted octanol–water partition coefficient (Wildman–Crippen LogP) is 3.30. The SMILES string of the molecule is COc1ccc(OC)c([C@@H]2CCCN2CN2C(=O)N[C@@]3(CCCC[C@H]3C)C2=O)c1. The van der Waals surface area contributed by atoms with E-state index in [1.807, 2.05) is 18.2 Å². The number of carbonyl (C=O) groups is 2. The molecule has 0 bridgehead atoms. The summed E-state index contributed by atoms with van der Waals surface area (Å²) in [5, 5.41) is 3.05. The Bertz CT molecular complexity index is 798. The number of rotatable bonds is 5. The second-order valence-corrected chi connectivity index (χ2v) is 8.50.